The van der Waals surface area contributed by atoms with Gasteiger partial charge in [-0.2, -0.15) is 0 Å². The van der Waals surface area contributed by atoms with Crippen LogP contribution in [0.3, 0.4) is 0 Å². The van der Waals surface area contributed by atoms with Crippen LogP contribution in [0.25, 0.3) is 0 Å². The molecule has 3 rings (SSSR count). The minimum absolute atomic E-state index is 0.0745. The quantitative estimate of drug-likeness (QED) is 0.316. The molecule has 0 saturated carbocycles. The van der Waals surface area contributed by atoms with E-state index in [4.69, 9.17) is 23.2 Å². The average Bonchev–Trinajstić information content (AvgIpc) is 2.76. The first-order valence-corrected chi connectivity index (χ1v) is 13.2. The van der Waals surface area contributed by atoms with E-state index in [1.807, 2.05) is 26.0 Å². The van der Waals surface area contributed by atoms with Crippen LogP contribution in [0.2, 0.25) is 10.0 Å². The van der Waals surface area contributed by atoms with Crippen molar-refractivity contribution in [1.29, 1.82) is 0 Å². The Bertz CT molecular complexity index is 1290. The monoisotopic (exact) mass is 535 g/mol. The molecule has 0 bridgehead atoms. The summed E-state index contributed by atoms with van der Waals surface area (Å²) in [6.45, 7) is 5.87. The van der Waals surface area contributed by atoms with Crippen LogP contribution < -0.4 is 21.1 Å². The second-order valence-corrected chi connectivity index (χ2v) is 11.6. The molecule has 3 aromatic rings. The number of amides is 2. The van der Waals surface area contributed by atoms with E-state index in [0.29, 0.717) is 27.0 Å². The topological polar surface area (TPSA) is 115 Å². The summed E-state index contributed by atoms with van der Waals surface area (Å²) in [6.07, 6.45) is 0.785. The minimum atomic E-state index is -3.79. The molecule has 0 fully saturated rings. The van der Waals surface area contributed by atoms with Crippen molar-refractivity contribution in [3.8, 4) is 0 Å². The zero-order valence-corrected chi connectivity index (χ0v) is 22.1. The van der Waals surface area contributed by atoms with Gasteiger partial charge in [0.1, 0.15) is 0 Å². The zero-order valence-electron chi connectivity index (χ0n) is 19.7. The van der Waals surface area contributed by atoms with Crippen LogP contribution in [0, 0.1) is 0 Å². The van der Waals surface area contributed by atoms with Gasteiger partial charge in [-0.05, 0) is 74.4 Å². The molecule has 3 aromatic carbocycles. The van der Waals surface area contributed by atoms with E-state index in [9.17, 15) is 13.2 Å². The molecule has 6 N–H and O–H groups in total. The zero-order chi connectivity index (χ0) is 25.8. The third-order valence-corrected chi connectivity index (χ3v) is 7.34. The minimum Gasteiger partial charge on any atom is -0.353 e. The van der Waals surface area contributed by atoms with Crippen LogP contribution in [0.5, 0.6) is 0 Å². The Morgan fingerprint density at radius 3 is 2.17 bits per heavy atom. The van der Waals surface area contributed by atoms with E-state index in [1.165, 1.54) is 24.3 Å². The van der Waals surface area contributed by atoms with Crippen molar-refractivity contribution in [2.75, 3.05) is 10.0 Å². The van der Waals surface area contributed by atoms with E-state index in [1.54, 1.807) is 37.3 Å². The molecule has 0 aliphatic rings. The molecular weight excluding hydrogens is 507 g/mol. The molecule has 1 atom stereocenters. The van der Waals surface area contributed by atoms with Gasteiger partial charge in [0, 0.05) is 17.8 Å². The van der Waals surface area contributed by atoms with E-state index in [0.717, 1.165) is 12.0 Å². The van der Waals surface area contributed by atoms with Crippen LogP contribution in [0.15, 0.2) is 71.6 Å². The summed E-state index contributed by atoms with van der Waals surface area (Å²) in [5.74, 6) is 0. The van der Waals surface area contributed by atoms with E-state index in [2.05, 4.69) is 21.1 Å². The van der Waals surface area contributed by atoms with Crippen LogP contribution in [0.4, 0.5) is 16.2 Å². The first-order chi connectivity index (χ1) is 16.3. The van der Waals surface area contributed by atoms with Gasteiger partial charge in [-0.3, -0.25) is 4.72 Å². The maximum Gasteiger partial charge on any atom is 0.319 e. The third-order valence-electron chi connectivity index (χ3n) is 5.11. The van der Waals surface area contributed by atoms with Crippen molar-refractivity contribution in [3.05, 3.63) is 87.9 Å². The summed E-state index contributed by atoms with van der Waals surface area (Å²) in [7, 11) is -3.79. The highest BCUT2D eigenvalue weighted by atomic mass is 35.5. The smallest absolute Gasteiger partial charge is 0.319 e. The Morgan fingerprint density at radius 1 is 0.971 bits per heavy atom. The lowest BCUT2D eigenvalue weighted by Gasteiger charge is -2.17. The molecule has 0 spiro atoms. The molecule has 0 aliphatic carbocycles. The Kier molecular flexibility index (Phi) is 8.33. The van der Waals surface area contributed by atoms with Crippen molar-refractivity contribution >= 4 is 50.6 Å². The summed E-state index contributed by atoms with van der Waals surface area (Å²) in [5, 5.41) is 6.25. The van der Waals surface area contributed by atoms with E-state index < -0.39 is 22.1 Å². The number of urea groups is 1. The first kappa shape index (κ1) is 26.8. The molecule has 7 nitrogen and oxygen atoms in total. The fourth-order valence-electron chi connectivity index (χ4n) is 3.47. The van der Waals surface area contributed by atoms with Gasteiger partial charge < -0.3 is 16.4 Å². The lowest BCUT2D eigenvalue weighted by molar-refractivity contribution is -0.465. The standard InChI is InChI=1S/C25H28Cl2N4O3S/c1-16(21-5-4-6-22(26)23(21)27)29-24(32)30-18-11-13-20(14-12-18)35(33,34)31-19-9-7-17(8-10-19)15-25(2,3)28/h4-14,16,31H,15,28H2,1-3H3,(H2,29,30,32)/p+1/t16-/m0/s1. The molecular formula is C25H29Cl2N4O3S+. The van der Waals surface area contributed by atoms with E-state index in [-0.39, 0.29) is 10.4 Å². The highest BCUT2D eigenvalue weighted by Gasteiger charge is 2.18. The lowest BCUT2D eigenvalue weighted by atomic mass is 9.96. The number of carbonyl (C=O) groups excluding carboxylic acids is 1. The van der Waals surface area contributed by atoms with Gasteiger partial charge in [0.2, 0.25) is 0 Å². The summed E-state index contributed by atoms with van der Waals surface area (Å²) < 4.78 is 28.1. The normalized spacial score (nSPS) is 12.6. The molecule has 0 radical (unpaired) electrons. The molecule has 0 saturated heterocycles. The first-order valence-electron chi connectivity index (χ1n) is 10.9. The molecule has 0 unspecified atom stereocenters. The summed E-state index contributed by atoms with van der Waals surface area (Å²) in [5.41, 5.74) is 6.65. The predicted octanol–water partition coefficient (Wildman–Crippen LogP) is 5.24. The van der Waals surface area contributed by atoms with Crippen LogP contribution in [-0.4, -0.2) is 20.0 Å². The largest absolute Gasteiger partial charge is 0.353 e. The number of nitrogens with one attached hydrogen (secondary N) is 3. The van der Waals surface area contributed by atoms with Gasteiger partial charge in [-0.15, -0.1) is 0 Å². The maximum atomic E-state index is 12.8. The van der Waals surface area contributed by atoms with Crippen LogP contribution >= 0.6 is 23.2 Å². The molecule has 10 heteroatoms. The van der Waals surface area contributed by atoms with Crippen LogP contribution in [0.1, 0.15) is 37.9 Å². The Labute approximate surface area is 216 Å². The fraction of sp³-hybridized carbons (Fsp3) is 0.240. The van der Waals surface area contributed by atoms with Gasteiger partial charge in [0.15, 0.2) is 0 Å². The van der Waals surface area contributed by atoms with Crippen molar-refractivity contribution < 1.29 is 18.9 Å². The van der Waals surface area contributed by atoms with Crippen molar-refractivity contribution in [2.45, 2.75) is 43.7 Å². The summed E-state index contributed by atoms with van der Waals surface area (Å²) >= 11 is 12.3. The number of hydrogen-bond acceptors (Lipinski definition) is 3. The Balaban J connectivity index is 1.61. The molecule has 0 aromatic heterocycles. The SMILES string of the molecule is C[C@H](NC(=O)Nc1ccc(S(=O)(=O)Nc2ccc(CC(C)(C)[NH3+])cc2)cc1)c1cccc(Cl)c1Cl. The lowest BCUT2D eigenvalue weighted by Crippen LogP contribution is -2.70. The van der Waals surface area contributed by atoms with Gasteiger partial charge in [0.25, 0.3) is 10.0 Å². The molecule has 0 heterocycles. The van der Waals surface area contributed by atoms with E-state index >= 15 is 0 Å². The number of halogens is 2. The van der Waals surface area contributed by atoms with Gasteiger partial charge >= 0.3 is 6.03 Å². The van der Waals surface area contributed by atoms with Crippen molar-refractivity contribution in [2.24, 2.45) is 0 Å². The second-order valence-electron chi connectivity index (χ2n) is 9.13. The fourth-order valence-corrected chi connectivity index (χ4v) is 5.00. The Morgan fingerprint density at radius 2 is 1.57 bits per heavy atom. The number of rotatable bonds is 8. The number of sulfonamides is 1. The number of anilines is 2. The summed E-state index contributed by atoms with van der Waals surface area (Å²) in [4.78, 5) is 12.5. The van der Waals surface area contributed by atoms with Gasteiger partial charge in [-0.1, -0.05) is 47.5 Å². The predicted molar refractivity (Wildman–Crippen MR) is 141 cm³/mol. The van der Waals surface area contributed by atoms with Crippen molar-refractivity contribution in [3.63, 3.8) is 0 Å². The number of benzene rings is 3. The van der Waals surface area contributed by atoms with Crippen LogP contribution in [-0.2, 0) is 16.4 Å². The van der Waals surface area contributed by atoms with Gasteiger partial charge in [0.05, 0.1) is 26.5 Å². The van der Waals surface area contributed by atoms with Crippen molar-refractivity contribution in [1.82, 2.24) is 5.32 Å². The maximum absolute atomic E-state index is 12.8. The molecule has 186 valence electrons. The number of hydrogen-bond donors (Lipinski definition) is 4. The summed E-state index contributed by atoms with van der Waals surface area (Å²) in [6, 6.07) is 17.5. The number of carbonyl (C=O) groups is 1. The van der Waals surface area contributed by atoms with Gasteiger partial charge in [-0.25, -0.2) is 13.2 Å². The molecule has 0 aliphatic heterocycles. The average molecular weight is 537 g/mol. The molecule has 2 amide bonds. The highest BCUT2D eigenvalue weighted by molar-refractivity contribution is 7.92. The third kappa shape index (κ3) is 7.60. The highest BCUT2D eigenvalue weighted by Crippen LogP contribution is 2.29. The number of quaternary nitrogens is 1. The molecule has 35 heavy (non-hydrogen) atoms. The second kappa shape index (κ2) is 10.9. The Hall–Kier alpha value is -2.78.